The van der Waals surface area contributed by atoms with E-state index in [1.165, 1.54) is 0 Å². The highest BCUT2D eigenvalue weighted by molar-refractivity contribution is 6.30. The van der Waals surface area contributed by atoms with Crippen molar-refractivity contribution in [1.29, 1.82) is 0 Å². The maximum atomic E-state index is 8.50. The van der Waals surface area contributed by atoms with Crippen molar-refractivity contribution in [1.82, 2.24) is 0 Å². The van der Waals surface area contributed by atoms with Gasteiger partial charge in [0.25, 0.3) is 0 Å². The first-order chi connectivity index (χ1) is 7.20. The summed E-state index contributed by atoms with van der Waals surface area (Å²) in [5, 5.41) is 12.1. The molecule has 1 aliphatic heterocycles. The molecule has 0 amide bonds. The zero-order valence-electron chi connectivity index (χ0n) is 8.03. The molecule has 80 valence electrons. The third-order valence-corrected chi connectivity index (χ3v) is 2.54. The molecule has 1 aromatic carbocycles. The zero-order chi connectivity index (χ0) is 10.8. The molecule has 1 aliphatic rings. The number of fused-ring (bicyclic) bond motifs is 1. The minimum absolute atomic E-state index is 0.148. The van der Waals surface area contributed by atoms with Gasteiger partial charge in [-0.05, 0) is 17.7 Å². The van der Waals surface area contributed by atoms with Crippen LogP contribution < -0.4 is 10.5 Å². The third kappa shape index (κ3) is 1.99. The zero-order valence-corrected chi connectivity index (χ0v) is 8.79. The third-order valence-electron chi connectivity index (χ3n) is 2.33. The maximum absolute atomic E-state index is 8.50. The Morgan fingerprint density at radius 2 is 2.40 bits per heavy atom. The van der Waals surface area contributed by atoms with Gasteiger partial charge in [-0.3, -0.25) is 0 Å². The molecule has 0 atom stereocenters. The summed E-state index contributed by atoms with van der Waals surface area (Å²) in [5.41, 5.74) is 7.40. The fraction of sp³-hybridized carbons (Fsp3) is 0.300. The number of oxime groups is 1. The summed E-state index contributed by atoms with van der Waals surface area (Å²) >= 11 is 5.96. The highest BCUT2D eigenvalue weighted by Crippen LogP contribution is 2.32. The Morgan fingerprint density at radius 3 is 3.13 bits per heavy atom. The normalized spacial score (nSPS) is 14.9. The monoisotopic (exact) mass is 226 g/mol. The number of hydrogen-bond donors (Lipinski definition) is 2. The first-order valence-electron chi connectivity index (χ1n) is 4.61. The molecule has 2 rings (SSSR count). The number of nitrogens with two attached hydrogens (primary N) is 1. The van der Waals surface area contributed by atoms with Crippen LogP contribution in [-0.2, 0) is 12.8 Å². The van der Waals surface area contributed by atoms with Crippen LogP contribution in [-0.4, -0.2) is 17.6 Å². The lowest BCUT2D eigenvalue weighted by molar-refractivity contribution is 0.317. The van der Waals surface area contributed by atoms with E-state index in [0.717, 1.165) is 23.3 Å². The van der Waals surface area contributed by atoms with Crippen molar-refractivity contribution in [3.05, 3.63) is 28.3 Å². The molecular weight excluding hydrogens is 216 g/mol. The number of hydrogen-bond acceptors (Lipinski definition) is 3. The topological polar surface area (TPSA) is 67.8 Å². The van der Waals surface area contributed by atoms with Crippen LogP contribution in [0.5, 0.6) is 5.75 Å². The minimum Gasteiger partial charge on any atom is -0.493 e. The maximum Gasteiger partial charge on any atom is 0.143 e. The molecule has 5 heteroatoms. The Labute approximate surface area is 92.3 Å². The Hall–Kier alpha value is -1.42. The molecule has 0 fully saturated rings. The van der Waals surface area contributed by atoms with Crippen LogP contribution in [0.1, 0.15) is 11.1 Å². The largest absolute Gasteiger partial charge is 0.493 e. The molecule has 1 aromatic rings. The number of nitrogens with zero attached hydrogens (tertiary/aromatic N) is 1. The summed E-state index contributed by atoms with van der Waals surface area (Å²) in [4.78, 5) is 0. The quantitative estimate of drug-likeness (QED) is 0.348. The number of rotatable bonds is 2. The highest BCUT2D eigenvalue weighted by Gasteiger charge is 2.18. The van der Waals surface area contributed by atoms with Gasteiger partial charge in [0.2, 0.25) is 0 Å². The fourth-order valence-corrected chi connectivity index (χ4v) is 1.97. The van der Waals surface area contributed by atoms with E-state index in [2.05, 4.69) is 5.16 Å². The average molecular weight is 227 g/mol. The summed E-state index contributed by atoms with van der Waals surface area (Å²) in [6.45, 7) is 0.666. The molecule has 0 saturated heterocycles. The average Bonchev–Trinajstić information content (AvgIpc) is 2.65. The second-order valence-electron chi connectivity index (χ2n) is 3.42. The Kier molecular flexibility index (Phi) is 2.68. The number of ether oxygens (including phenoxy) is 1. The van der Waals surface area contributed by atoms with E-state index in [1.807, 2.05) is 6.07 Å². The first kappa shape index (κ1) is 10.1. The predicted octanol–water partition coefficient (Wildman–Crippen LogP) is 1.56. The predicted molar refractivity (Wildman–Crippen MR) is 57.8 cm³/mol. The van der Waals surface area contributed by atoms with Crippen molar-refractivity contribution < 1.29 is 9.94 Å². The van der Waals surface area contributed by atoms with Gasteiger partial charge < -0.3 is 15.7 Å². The summed E-state index contributed by atoms with van der Waals surface area (Å²) in [6.07, 6.45) is 1.21. The van der Waals surface area contributed by atoms with Crippen molar-refractivity contribution in [3.8, 4) is 5.75 Å². The molecule has 0 aromatic heterocycles. The second-order valence-corrected chi connectivity index (χ2v) is 3.86. The van der Waals surface area contributed by atoms with Crippen molar-refractivity contribution in [2.75, 3.05) is 6.61 Å². The Bertz CT molecular complexity index is 418. The SMILES string of the molecule is N/C(Cc1cc(Cl)cc2c1OCC2)=N/O. The molecule has 4 nitrogen and oxygen atoms in total. The molecular formula is C10H11ClN2O2. The summed E-state index contributed by atoms with van der Waals surface area (Å²) in [7, 11) is 0. The van der Waals surface area contributed by atoms with Gasteiger partial charge in [0.15, 0.2) is 0 Å². The molecule has 0 bridgehead atoms. The second kappa shape index (κ2) is 3.98. The summed E-state index contributed by atoms with van der Waals surface area (Å²) < 4.78 is 5.48. The molecule has 0 radical (unpaired) electrons. The van der Waals surface area contributed by atoms with Gasteiger partial charge in [0.05, 0.1) is 6.61 Å². The molecule has 0 spiro atoms. The molecule has 1 heterocycles. The summed E-state index contributed by atoms with van der Waals surface area (Å²) in [6, 6.07) is 3.67. The molecule has 15 heavy (non-hydrogen) atoms. The standard InChI is InChI=1S/C10H11ClN2O2/c11-8-3-6-1-2-15-10(6)7(4-8)5-9(12)13-14/h3-4,14H,1-2,5H2,(H2,12,13). The van der Waals surface area contributed by atoms with E-state index in [4.69, 9.17) is 27.3 Å². The number of halogens is 1. The van der Waals surface area contributed by atoms with Crippen molar-refractivity contribution in [2.24, 2.45) is 10.9 Å². The molecule has 0 unspecified atom stereocenters. The lowest BCUT2D eigenvalue weighted by atomic mass is 10.1. The van der Waals surface area contributed by atoms with Gasteiger partial charge in [-0.1, -0.05) is 16.8 Å². The van der Waals surface area contributed by atoms with Crippen LogP contribution in [0.3, 0.4) is 0 Å². The first-order valence-corrected chi connectivity index (χ1v) is 4.99. The van der Waals surface area contributed by atoms with Gasteiger partial charge >= 0.3 is 0 Å². The van der Waals surface area contributed by atoms with E-state index < -0.39 is 0 Å². The van der Waals surface area contributed by atoms with Gasteiger partial charge in [0.1, 0.15) is 11.6 Å². The van der Waals surface area contributed by atoms with Crippen LogP contribution >= 0.6 is 11.6 Å². The smallest absolute Gasteiger partial charge is 0.143 e. The van der Waals surface area contributed by atoms with Gasteiger partial charge in [0, 0.05) is 23.4 Å². The van der Waals surface area contributed by atoms with Crippen molar-refractivity contribution >= 4 is 17.4 Å². The van der Waals surface area contributed by atoms with Crippen LogP contribution in [0.2, 0.25) is 5.02 Å². The molecule has 0 aliphatic carbocycles. The van der Waals surface area contributed by atoms with Gasteiger partial charge in [-0.15, -0.1) is 0 Å². The van der Waals surface area contributed by atoms with Gasteiger partial charge in [-0.2, -0.15) is 0 Å². The molecule has 0 saturated carbocycles. The molecule has 3 N–H and O–H groups in total. The fourth-order valence-electron chi connectivity index (χ4n) is 1.71. The number of benzene rings is 1. The van der Waals surface area contributed by atoms with E-state index in [1.54, 1.807) is 6.07 Å². The van der Waals surface area contributed by atoms with Crippen molar-refractivity contribution in [3.63, 3.8) is 0 Å². The minimum atomic E-state index is 0.148. The van der Waals surface area contributed by atoms with E-state index >= 15 is 0 Å². The van der Waals surface area contributed by atoms with E-state index in [9.17, 15) is 0 Å². The van der Waals surface area contributed by atoms with E-state index in [0.29, 0.717) is 18.1 Å². The lowest BCUT2D eigenvalue weighted by Gasteiger charge is -2.07. The van der Waals surface area contributed by atoms with Crippen LogP contribution in [0, 0.1) is 0 Å². The number of amidine groups is 1. The Morgan fingerprint density at radius 1 is 1.60 bits per heavy atom. The lowest BCUT2D eigenvalue weighted by Crippen LogP contribution is -2.15. The Balaban J connectivity index is 2.38. The van der Waals surface area contributed by atoms with Crippen molar-refractivity contribution in [2.45, 2.75) is 12.8 Å². The van der Waals surface area contributed by atoms with Crippen LogP contribution in [0.25, 0.3) is 0 Å². The van der Waals surface area contributed by atoms with Crippen LogP contribution in [0.4, 0.5) is 0 Å². The van der Waals surface area contributed by atoms with Gasteiger partial charge in [-0.25, -0.2) is 0 Å². The van der Waals surface area contributed by atoms with Crippen LogP contribution in [0.15, 0.2) is 17.3 Å². The van der Waals surface area contributed by atoms with E-state index in [-0.39, 0.29) is 5.84 Å². The highest BCUT2D eigenvalue weighted by atomic mass is 35.5. The summed E-state index contributed by atoms with van der Waals surface area (Å²) in [5.74, 6) is 0.973.